The smallest absolute Gasteiger partial charge is 0.336 e. The van der Waals surface area contributed by atoms with E-state index in [1.165, 1.54) is 19.1 Å². The molecule has 0 spiro atoms. The molecule has 0 atom stereocenters. The molecule has 1 aromatic rings. The van der Waals surface area contributed by atoms with Crippen molar-refractivity contribution in [3.8, 4) is 0 Å². The van der Waals surface area contributed by atoms with E-state index in [9.17, 15) is 13.2 Å². The Bertz CT molecular complexity index is 580. The van der Waals surface area contributed by atoms with Crippen LogP contribution in [-0.4, -0.2) is 37.0 Å². The number of aromatic carboxylic acids is 1. The molecule has 5 nitrogen and oxygen atoms in total. The van der Waals surface area contributed by atoms with Crippen molar-refractivity contribution in [2.75, 3.05) is 12.4 Å². The monoisotopic (exact) mass is 306 g/mol. The lowest BCUT2D eigenvalue weighted by Crippen LogP contribution is -2.12. The predicted octanol–water partition coefficient (Wildman–Crippen LogP) is 1.89. The van der Waals surface area contributed by atoms with Crippen LogP contribution in [0.1, 0.15) is 28.8 Å². The quantitative estimate of drug-likeness (QED) is 0.783. The SMILES string of the molecule is Cc1c(C(=O)O)cc(Cl)cc1S(=O)(=O)CCCCO. The zero-order chi connectivity index (χ0) is 14.6. The van der Waals surface area contributed by atoms with Crippen molar-refractivity contribution in [3.05, 3.63) is 28.3 Å². The van der Waals surface area contributed by atoms with E-state index in [0.29, 0.717) is 12.8 Å². The molecular formula is C12H15ClO5S. The van der Waals surface area contributed by atoms with Crippen molar-refractivity contribution in [3.63, 3.8) is 0 Å². The molecule has 0 saturated carbocycles. The fourth-order valence-electron chi connectivity index (χ4n) is 1.71. The first-order valence-corrected chi connectivity index (χ1v) is 7.69. The number of halogens is 1. The molecule has 7 heteroatoms. The van der Waals surface area contributed by atoms with Crippen LogP contribution in [0.15, 0.2) is 17.0 Å². The van der Waals surface area contributed by atoms with E-state index in [-0.39, 0.29) is 33.4 Å². The van der Waals surface area contributed by atoms with E-state index in [2.05, 4.69) is 0 Å². The first-order valence-electron chi connectivity index (χ1n) is 5.66. The Morgan fingerprint density at radius 3 is 2.47 bits per heavy atom. The van der Waals surface area contributed by atoms with Crippen molar-refractivity contribution in [1.29, 1.82) is 0 Å². The fourth-order valence-corrected chi connectivity index (χ4v) is 3.68. The molecule has 0 aliphatic heterocycles. The Morgan fingerprint density at radius 1 is 1.32 bits per heavy atom. The highest BCUT2D eigenvalue weighted by Gasteiger charge is 2.21. The van der Waals surface area contributed by atoms with Gasteiger partial charge >= 0.3 is 5.97 Å². The fraction of sp³-hybridized carbons (Fsp3) is 0.417. The molecule has 1 aromatic carbocycles. The van der Waals surface area contributed by atoms with Crippen molar-refractivity contribution in [2.24, 2.45) is 0 Å². The van der Waals surface area contributed by atoms with Crippen LogP contribution in [0.3, 0.4) is 0 Å². The van der Waals surface area contributed by atoms with Crippen LogP contribution in [0.25, 0.3) is 0 Å². The molecule has 2 N–H and O–H groups in total. The zero-order valence-corrected chi connectivity index (χ0v) is 12.0. The average Bonchev–Trinajstić information content (AvgIpc) is 2.31. The summed E-state index contributed by atoms with van der Waals surface area (Å²) in [6, 6.07) is 2.49. The molecule has 0 radical (unpaired) electrons. The Balaban J connectivity index is 3.23. The van der Waals surface area contributed by atoms with Gasteiger partial charge in [0.15, 0.2) is 9.84 Å². The van der Waals surface area contributed by atoms with Gasteiger partial charge in [-0.1, -0.05) is 11.6 Å². The van der Waals surface area contributed by atoms with Gasteiger partial charge in [-0.2, -0.15) is 0 Å². The van der Waals surface area contributed by atoms with Gasteiger partial charge in [0.2, 0.25) is 0 Å². The van der Waals surface area contributed by atoms with Gasteiger partial charge in [-0.25, -0.2) is 13.2 Å². The molecule has 0 aromatic heterocycles. The Hall–Kier alpha value is -1.11. The summed E-state index contributed by atoms with van der Waals surface area (Å²) in [6.07, 6.45) is 0.692. The topological polar surface area (TPSA) is 91.7 Å². The predicted molar refractivity (Wildman–Crippen MR) is 71.5 cm³/mol. The molecule has 106 valence electrons. The van der Waals surface area contributed by atoms with E-state index in [1.54, 1.807) is 0 Å². The summed E-state index contributed by atoms with van der Waals surface area (Å²) in [4.78, 5) is 11.0. The molecule has 19 heavy (non-hydrogen) atoms. The molecule has 0 fully saturated rings. The van der Waals surface area contributed by atoms with Crippen LogP contribution in [0, 0.1) is 6.92 Å². The standard InChI is InChI=1S/C12H15ClO5S/c1-8-10(12(15)16)6-9(13)7-11(8)19(17,18)5-3-2-4-14/h6-7,14H,2-5H2,1H3,(H,15,16). The molecule has 0 heterocycles. The summed E-state index contributed by atoms with van der Waals surface area (Å²) in [6.45, 7) is 1.36. The van der Waals surface area contributed by atoms with Crippen LogP contribution in [0.2, 0.25) is 5.02 Å². The highest BCUT2D eigenvalue weighted by Crippen LogP contribution is 2.26. The first kappa shape index (κ1) is 15.9. The summed E-state index contributed by atoms with van der Waals surface area (Å²) >= 11 is 5.77. The zero-order valence-electron chi connectivity index (χ0n) is 10.4. The van der Waals surface area contributed by atoms with Gasteiger partial charge in [-0.15, -0.1) is 0 Å². The number of aliphatic hydroxyl groups excluding tert-OH is 1. The lowest BCUT2D eigenvalue weighted by Gasteiger charge is -2.10. The minimum atomic E-state index is -3.60. The normalized spacial score (nSPS) is 11.5. The third kappa shape index (κ3) is 3.92. The van der Waals surface area contributed by atoms with Crippen molar-refractivity contribution in [2.45, 2.75) is 24.7 Å². The largest absolute Gasteiger partial charge is 0.478 e. The van der Waals surface area contributed by atoms with Crippen LogP contribution in [0.4, 0.5) is 0 Å². The maximum absolute atomic E-state index is 12.1. The van der Waals surface area contributed by atoms with Gasteiger partial charge in [0, 0.05) is 11.6 Å². The van der Waals surface area contributed by atoms with E-state index in [0.717, 1.165) is 0 Å². The molecule has 1 rings (SSSR count). The second-order valence-corrected chi connectivity index (χ2v) is 6.65. The number of benzene rings is 1. The number of rotatable bonds is 6. The van der Waals surface area contributed by atoms with Gasteiger partial charge in [0.05, 0.1) is 16.2 Å². The number of carboxylic acids is 1. The van der Waals surface area contributed by atoms with E-state index in [1.807, 2.05) is 0 Å². The van der Waals surface area contributed by atoms with Crippen LogP contribution in [0.5, 0.6) is 0 Å². The minimum absolute atomic E-state index is 0.0599. The number of hydrogen-bond donors (Lipinski definition) is 2. The number of aliphatic hydroxyl groups is 1. The molecule has 0 saturated heterocycles. The number of sulfone groups is 1. The van der Waals surface area contributed by atoms with E-state index < -0.39 is 15.8 Å². The van der Waals surface area contributed by atoms with Gasteiger partial charge < -0.3 is 10.2 Å². The lowest BCUT2D eigenvalue weighted by molar-refractivity contribution is 0.0696. The molecule has 0 unspecified atom stereocenters. The van der Waals surface area contributed by atoms with Crippen LogP contribution < -0.4 is 0 Å². The molecule has 0 aliphatic rings. The minimum Gasteiger partial charge on any atom is -0.478 e. The van der Waals surface area contributed by atoms with E-state index in [4.69, 9.17) is 21.8 Å². The summed E-state index contributed by atoms with van der Waals surface area (Å²) in [5.74, 6) is -1.36. The first-order chi connectivity index (χ1) is 8.79. The highest BCUT2D eigenvalue weighted by molar-refractivity contribution is 7.91. The average molecular weight is 307 g/mol. The van der Waals surface area contributed by atoms with Gasteiger partial charge in [-0.3, -0.25) is 0 Å². The maximum Gasteiger partial charge on any atom is 0.336 e. The second-order valence-electron chi connectivity index (χ2n) is 4.13. The highest BCUT2D eigenvalue weighted by atomic mass is 35.5. The Kier molecular flexibility index (Phi) is 5.34. The van der Waals surface area contributed by atoms with Gasteiger partial charge in [0.25, 0.3) is 0 Å². The van der Waals surface area contributed by atoms with Crippen molar-refractivity contribution >= 4 is 27.4 Å². The number of unbranched alkanes of at least 4 members (excludes halogenated alkanes) is 1. The van der Waals surface area contributed by atoms with Crippen molar-refractivity contribution < 1.29 is 23.4 Å². The van der Waals surface area contributed by atoms with Gasteiger partial charge in [-0.05, 0) is 37.5 Å². The van der Waals surface area contributed by atoms with Crippen molar-refractivity contribution in [1.82, 2.24) is 0 Å². The molecular weight excluding hydrogens is 292 g/mol. The van der Waals surface area contributed by atoms with E-state index >= 15 is 0 Å². The lowest BCUT2D eigenvalue weighted by atomic mass is 10.1. The maximum atomic E-state index is 12.1. The molecule has 0 aliphatic carbocycles. The third-order valence-corrected chi connectivity index (χ3v) is 4.85. The summed E-state index contributed by atoms with van der Waals surface area (Å²) < 4.78 is 24.2. The molecule has 0 amide bonds. The van der Waals surface area contributed by atoms with Gasteiger partial charge in [0.1, 0.15) is 0 Å². The van der Waals surface area contributed by atoms with Crippen LogP contribution in [-0.2, 0) is 9.84 Å². The Morgan fingerprint density at radius 2 is 1.95 bits per heavy atom. The summed E-state index contributed by atoms with van der Waals surface area (Å²) in [5, 5.41) is 17.7. The third-order valence-electron chi connectivity index (χ3n) is 2.71. The summed E-state index contributed by atoms with van der Waals surface area (Å²) in [7, 11) is -3.60. The summed E-state index contributed by atoms with van der Waals surface area (Å²) in [5.41, 5.74) is 0.0640. The number of hydrogen-bond acceptors (Lipinski definition) is 4. The Labute approximate surface area is 116 Å². The molecule has 0 bridgehead atoms. The number of carbonyl (C=O) groups is 1. The number of carboxylic acid groups (broad SMARTS) is 1. The van der Waals surface area contributed by atoms with Crippen LogP contribution >= 0.6 is 11.6 Å². The second kappa shape index (κ2) is 6.36.